The normalized spacial score (nSPS) is 22.1. The smallest absolute Gasteiger partial charge is 0.195 e. The van der Waals surface area contributed by atoms with E-state index in [0.29, 0.717) is 17.1 Å². The van der Waals surface area contributed by atoms with Gasteiger partial charge in [-0.15, -0.1) is 0 Å². The van der Waals surface area contributed by atoms with Gasteiger partial charge in [0.1, 0.15) is 0 Å². The van der Waals surface area contributed by atoms with Crippen LogP contribution in [0.3, 0.4) is 0 Å². The Morgan fingerprint density at radius 1 is 1.26 bits per heavy atom. The van der Waals surface area contributed by atoms with E-state index < -0.39 is 11.5 Å². The Balaban J connectivity index is 2.52. The summed E-state index contributed by atoms with van der Waals surface area (Å²) in [5.41, 5.74) is 10.3. The maximum absolute atomic E-state index is 13.9. The van der Waals surface area contributed by atoms with E-state index >= 15 is 0 Å². The number of methoxy groups -OCH3 is 2. The summed E-state index contributed by atoms with van der Waals surface area (Å²) in [6.07, 6.45) is 1.08. The molecular weight excluding hydrogens is 251 g/mol. The summed E-state index contributed by atoms with van der Waals surface area (Å²) in [4.78, 5) is 3.92. The third-order valence-corrected chi connectivity index (χ3v) is 2.83. The second-order valence-corrected chi connectivity index (χ2v) is 3.97. The average Bonchev–Trinajstić information content (AvgIpc) is 2.42. The number of nitrogens with two attached hydrogens (primary N) is 2. The number of benzene rings is 1. The molecule has 1 unspecified atom stereocenters. The Hall–Kier alpha value is -2.28. The number of ether oxygens (including phenoxy) is 2. The van der Waals surface area contributed by atoms with Crippen molar-refractivity contribution >= 4 is 5.96 Å². The van der Waals surface area contributed by atoms with Crippen molar-refractivity contribution in [2.75, 3.05) is 14.2 Å². The van der Waals surface area contributed by atoms with Crippen LogP contribution in [0.15, 0.2) is 35.2 Å². The van der Waals surface area contributed by atoms with Gasteiger partial charge in [0.15, 0.2) is 28.9 Å². The molecule has 0 radical (unpaired) electrons. The number of aliphatic imine (C=N–C) groups is 1. The van der Waals surface area contributed by atoms with E-state index in [1.807, 2.05) is 0 Å². The number of hydrogen-bond acceptors (Lipinski definition) is 6. The Labute approximate surface area is 109 Å². The third-order valence-electron chi connectivity index (χ3n) is 2.83. The lowest BCUT2D eigenvalue weighted by atomic mass is 9.98. The molecule has 0 fully saturated rings. The first-order chi connectivity index (χ1) is 9.01. The fourth-order valence-corrected chi connectivity index (χ4v) is 1.80. The van der Waals surface area contributed by atoms with Gasteiger partial charge in [-0.05, 0) is 12.1 Å². The molecule has 6 nitrogen and oxygen atoms in total. The Morgan fingerprint density at radius 3 is 2.58 bits per heavy atom. The summed E-state index contributed by atoms with van der Waals surface area (Å²) in [7, 11) is 2.99. The number of halogens is 1. The van der Waals surface area contributed by atoms with Crippen LogP contribution in [0, 0.1) is 0 Å². The van der Waals surface area contributed by atoms with Gasteiger partial charge in [-0.3, -0.25) is 5.73 Å². The Morgan fingerprint density at radius 2 is 1.95 bits per heavy atom. The van der Waals surface area contributed by atoms with Crippen LogP contribution in [0.25, 0.3) is 0 Å². The summed E-state index contributed by atoms with van der Waals surface area (Å²) in [5, 5.41) is 2.46. The van der Waals surface area contributed by atoms with Crippen molar-refractivity contribution in [3.63, 3.8) is 0 Å². The fourth-order valence-electron chi connectivity index (χ4n) is 1.80. The SMILES string of the molecule is COc1ccc(C2(N)N=C(N)NC=C2F)cc1OC. The Kier molecular flexibility index (Phi) is 3.30. The van der Waals surface area contributed by atoms with Gasteiger partial charge in [0, 0.05) is 11.8 Å². The van der Waals surface area contributed by atoms with E-state index in [9.17, 15) is 4.39 Å². The van der Waals surface area contributed by atoms with Crippen LogP contribution in [0.4, 0.5) is 4.39 Å². The van der Waals surface area contributed by atoms with E-state index in [2.05, 4.69) is 10.3 Å². The molecule has 1 aromatic rings. The minimum absolute atomic E-state index is 0.0404. The topological polar surface area (TPSA) is 94.9 Å². The van der Waals surface area contributed by atoms with Gasteiger partial charge in [-0.25, -0.2) is 9.38 Å². The van der Waals surface area contributed by atoms with Crippen molar-refractivity contribution in [3.8, 4) is 11.5 Å². The van der Waals surface area contributed by atoms with E-state index in [1.165, 1.54) is 14.2 Å². The highest BCUT2D eigenvalue weighted by molar-refractivity contribution is 5.81. The molecular formula is C12H15FN4O2. The molecule has 7 heteroatoms. The molecule has 0 spiro atoms. The number of hydrogen-bond donors (Lipinski definition) is 3. The zero-order valence-electron chi connectivity index (χ0n) is 10.6. The summed E-state index contributed by atoms with van der Waals surface area (Å²) in [5.74, 6) is 0.350. The highest BCUT2D eigenvalue weighted by atomic mass is 19.1. The van der Waals surface area contributed by atoms with Crippen LogP contribution in [0.2, 0.25) is 0 Å². The first-order valence-electron chi connectivity index (χ1n) is 5.50. The lowest BCUT2D eigenvalue weighted by Crippen LogP contribution is -2.44. The summed E-state index contributed by atoms with van der Waals surface area (Å²) < 4.78 is 24.2. The van der Waals surface area contributed by atoms with Crippen LogP contribution >= 0.6 is 0 Å². The molecule has 0 aliphatic carbocycles. The molecule has 0 saturated heterocycles. The van der Waals surface area contributed by atoms with Gasteiger partial charge < -0.3 is 20.5 Å². The maximum Gasteiger partial charge on any atom is 0.195 e. The van der Waals surface area contributed by atoms with Crippen LogP contribution < -0.4 is 26.3 Å². The Bertz CT molecular complexity index is 559. The van der Waals surface area contributed by atoms with E-state index in [-0.39, 0.29) is 5.96 Å². The molecule has 1 aromatic carbocycles. The van der Waals surface area contributed by atoms with Crippen LogP contribution in [-0.4, -0.2) is 20.2 Å². The summed E-state index contributed by atoms with van der Waals surface area (Å²) in [6.45, 7) is 0. The fraction of sp³-hybridized carbons (Fsp3) is 0.250. The first-order valence-corrected chi connectivity index (χ1v) is 5.50. The number of rotatable bonds is 3. The van der Waals surface area contributed by atoms with Gasteiger partial charge >= 0.3 is 0 Å². The second-order valence-electron chi connectivity index (χ2n) is 3.97. The molecule has 5 N–H and O–H groups in total. The molecule has 2 rings (SSSR count). The molecule has 1 aliphatic rings. The maximum atomic E-state index is 13.9. The minimum Gasteiger partial charge on any atom is -0.493 e. The quantitative estimate of drug-likeness (QED) is 0.742. The van der Waals surface area contributed by atoms with Crippen LogP contribution in [0.1, 0.15) is 5.56 Å². The van der Waals surface area contributed by atoms with Gasteiger partial charge in [-0.2, -0.15) is 0 Å². The van der Waals surface area contributed by atoms with Crippen LogP contribution in [0.5, 0.6) is 11.5 Å². The molecule has 19 heavy (non-hydrogen) atoms. The number of guanidine groups is 1. The van der Waals surface area contributed by atoms with Crippen molar-refractivity contribution in [1.82, 2.24) is 5.32 Å². The predicted octanol–water partition coefficient (Wildman–Crippen LogP) is 0.544. The largest absolute Gasteiger partial charge is 0.493 e. The lowest BCUT2D eigenvalue weighted by Gasteiger charge is -2.28. The van der Waals surface area contributed by atoms with Crippen molar-refractivity contribution in [3.05, 3.63) is 35.8 Å². The molecule has 0 aromatic heterocycles. The summed E-state index contributed by atoms with van der Waals surface area (Å²) in [6, 6.07) is 4.80. The zero-order chi connectivity index (χ0) is 14.0. The third kappa shape index (κ3) is 2.19. The van der Waals surface area contributed by atoms with Gasteiger partial charge in [0.25, 0.3) is 0 Å². The molecule has 1 atom stereocenters. The molecule has 0 bridgehead atoms. The lowest BCUT2D eigenvalue weighted by molar-refractivity contribution is 0.351. The molecule has 1 aliphatic heterocycles. The molecule has 0 amide bonds. The van der Waals surface area contributed by atoms with Crippen LogP contribution in [-0.2, 0) is 5.66 Å². The first kappa shape index (κ1) is 13.2. The highest BCUT2D eigenvalue weighted by Gasteiger charge is 2.35. The van der Waals surface area contributed by atoms with E-state index in [1.54, 1.807) is 18.2 Å². The van der Waals surface area contributed by atoms with Crippen molar-refractivity contribution < 1.29 is 13.9 Å². The van der Waals surface area contributed by atoms with Gasteiger partial charge in [0.2, 0.25) is 0 Å². The number of nitrogens with zero attached hydrogens (tertiary/aromatic N) is 1. The van der Waals surface area contributed by atoms with Gasteiger partial charge in [-0.1, -0.05) is 6.07 Å². The monoisotopic (exact) mass is 266 g/mol. The predicted molar refractivity (Wildman–Crippen MR) is 69.4 cm³/mol. The molecule has 1 heterocycles. The van der Waals surface area contributed by atoms with Crippen molar-refractivity contribution in [2.45, 2.75) is 5.66 Å². The van der Waals surface area contributed by atoms with Crippen molar-refractivity contribution in [1.29, 1.82) is 0 Å². The molecule has 102 valence electrons. The summed E-state index contributed by atoms with van der Waals surface area (Å²) >= 11 is 0. The second kappa shape index (κ2) is 4.77. The highest BCUT2D eigenvalue weighted by Crippen LogP contribution is 2.36. The van der Waals surface area contributed by atoms with E-state index in [0.717, 1.165) is 6.20 Å². The van der Waals surface area contributed by atoms with Crippen molar-refractivity contribution in [2.24, 2.45) is 16.5 Å². The number of nitrogens with one attached hydrogen (secondary N) is 1. The van der Waals surface area contributed by atoms with Gasteiger partial charge in [0.05, 0.1) is 14.2 Å². The standard InChI is InChI=1S/C12H15FN4O2/c1-18-8-4-3-7(5-9(8)19-2)12(15)10(13)6-16-11(14)17-12/h3-6H,15H2,1-2H3,(H3,14,16,17). The molecule has 0 saturated carbocycles. The average molecular weight is 266 g/mol. The minimum atomic E-state index is -1.66. The van der Waals surface area contributed by atoms with E-state index in [4.69, 9.17) is 20.9 Å². The zero-order valence-corrected chi connectivity index (χ0v) is 10.6.